The molecule has 4 aromatic rings. The zero-order valence-electron chi connectivity index (χ0n) is 24.5. The summed E-state index contributed by atoms with van der Waals surface area (Å²) in [5.74, 6) is 1.13. The second kappa shape index (κ2) is 12.8. The predicted molar refractivity (Wildman–Crippen MR) is 162 cm³/mol. The number of carbonyl (C=O) groups is 2. The second-order valence-corrected chi connectivity index (χ2v) is 11.3. The van der Waals surface area contributed by atoms with Gasteiger partial charge in [0.25, 0.3) is 5.82 Å². The van der Waals surface area contributed by atoms with Crippen LogP contribution in [-0.2, 0) is 11.3 Å². The highest BCUT2D eigenvalue weighted by Gasteiger charge is 2.36. The molecule has 0 N–H and O–H groups in total. The summed E-state index contributed by atoms with van der Waals surface area (Å²) < 4.78 is 12.7. The minimum Gasteiger partial charge on any atom is -0.457 e. The quantitative estimate of drug-likeness (QED) is 0.225. The number of piperidine rings is 1. The molecule has 1 fully saturated rings. The van der Waals surface area contributed by atoms with E-state index in [1.54, 1.807) is 21.9 Å². The summed E-state index contributed by atoms with van der Waals surface area (Å²) in [6.07, 6.45) is 0.750. The molecule has 2 amide bonds. The van der Waals surface area contributed by atoms with Crippen LogP contribution in [0.2, 0.25) is 0 Å². The van der Waals surface area contributed by atoms with E-state index in [4.69, 9.17) is 16.0 Å². The maximum absolute atomic E-state index is 14.2. The van der Waals surface area contributed by atoms with Crippen molar-refractivity contribution in [2.75, 3.05) is 13.1 Å². The maximum atomic E-state index is 14.2. The van der Waals surface area contributed by atoms with Crippen LogP contribution in [0.1, 0.15) is 39.2 Å². The number of likely N-dealkylation sites (tertiary alicyclic amines) is 1. The summed E-state index contributed by atoms with van der Waals surface area (Å²) in [6, 6.07) is 25.6. The van der Waals surface area contributed by atoms with Crippen molar-refractivity contribution in [1.82, 2.24) is 24.8 Å². The van der Waals surface area contributed by atoms with Crippen molar-refractivity contribution in [3.63, 3.8) is 0 Å². The molecule has 0 atom stereocenters. The second-order valence-electron chi connectivity index (χ2n) is 11.3. The Labute approximate surface area is 251 Å². The normalized spacial score (nSPS) is 13.7. The Morgan fingerprint density at radius 1 is 0.953 bits per heavy atom. The van der Waals surface area contributed by atoms with Gasteiger partial charge in [-0.3, -0.25) is 4.90 Å². The van der Waals surface area contributed by atoms with Crippen LogP contribution in [0.3, 0.4) is 0 Å². The number of para-hydroxylation sites is 2. The zero-order chi connectivity index (χ0) is 30.4. The monoisotopic (exact) mass is 578 g/mol. The molecule has 0 unspecified atom stereocenters. The maximum Gasteiger partial charge on any atom is 0.423 e. The number of rotatable bonds is 6. The average Bonchev–Trinajstić information content (AvgIpc) is 3.44. The van der Waals surface area contributed by atoms with E-state index in [2.05, 4.69) is 15.2 Å². The predicted octanol–water partition coefficient (Wildman–Crippen LogP) is 7.16. The Morgan fingerprint density at radius 2 is 1.58 bits per heavy atom. The first-order valence-corrected chi connectivity index (χ1v) is 14.2. The third-order valence-electron chi connectivity index (χ3n) is 7.05. The molecule has 1 aliphatic rings. The van der Waals surface area contributed by atoms with E-state index in [9.17, 15) is 9.59 Å². The molecule has 0 radical (unpaired) electrons. The number of hydrogen-bond acceptors (Lipinski definition) is 6. The van der Waals surface area contributed by atoms with Crippen LogP contribution < -0.4 is 4.74 Å². The zero-order valence-corrected chi connectivity index (χ0v) is 24.5. The highest BCUT2D eigenvalue weighted by Crippen LogP contribution is 2.37. The van der Waals surface area contributed by atoms with Crippen LogP contribution in [0, 0.1) is 6.57 Å². The van der Waals surface area contributed by atoms with E-state index < -0.39 is 11.6 Å². The first kappa shape index (κ1) is 29.3. The van der Waals surface area contributed by atoms with Crippen molar-refractivity contribution in [2.24, 2.45) is 0 Å². The molecule has 10 heteroatoms. The van der Waals surface area contributed by atoms with E-state index in [1.807, 2.05) is 93.6 Å². The van der Waals surface area contributed by atoms with Crippen molar-refractivity contribution < 1.29 is 19.1 Å². The Balaban J connectivity index is 1.43. The minimum atomic E-state index is -0.588. The first-order chi connectivity index (χ1) is 20.7. The molecule has 43 heavy (non-hydrogen) atoms. The Bertz CT molecular complexity index is 1600. The van der Waals surface area contributed by atoms with Crippen LogP contribution in [0.5, 0.6) is 11.5 Å². The van der Waals surface area contributed by atoms with Crippen LogP contribution in [0.15, 0.2) is 84.9 Å². The van der Waals surface area contributed by atoms with Gasteiger partial charge in [0.15, 0.2) is 0 Å². The molecule has 1 aliphatic heterocycles. The summed E-state index contributed by atoms with van der Waals surface area (Å²) in [6.45, 7) is 14.7. The third kappa shape index (κ3) is 7.01. The van der Waals surface area contributed by atoms with Gasteiger partial charge in [0.2, 0.25) is 0 Å². The molecule has 2 heterocycles. The lowest BCUT2D eigenvalue weighted by Crippen LogP contribution is -2.50. The van der Waals surface area contributed by atoms with Gasteiger partial charge in [0, 0.05) is 36.5 Å². The van der Waals surface area contributed by atoms with E-state index >= 15 is 0 Å². The Morgan fingerprint density at radius 3 is 2.23 bits per heavy atom. The van der Waals surface area contributed by atoms with Gasteiger partial charge in [0.05, 0.1) is 0 Å². The largest absolute Gasteiger partial charge is 0.457 e. The van der Waals surface area contributed by atoms with E-state index in [1.165, 1.54) is 0 Å². The molecule has 0 saturated carbocycles. The topological polar surface area (TPSA) is 94.1 Å². The fraction of sp³-hybridized carbons (Fsp3) is 0.303. The van der Waals surface area contributed by atoms with Crippen molar-refractivity contribution in [3.05, 3.63) is 102 Å². The smallest absolute Gasteiger partial charge is 0.423 e. The van der Waals surface area contributed by atoms with Gasteiger partial charge in [-0.05, 0) is 57.4 Å². The van der Waals surface area contributed by atoms with Gasteiger partial charge in [-0.15, -0.1) is 5.10 Å². The summed E-state index contributed by atoms with van der Waals surface area (Å²) in [7, 11) is 0. The summed E-state index contributed by atoms with van der Waals surface area (Å²) >= 11 is 0. The van der Waals surface area contributed by atoms with Crippen molar-refractivity contribution in [1.29, 1.82) is 0 Å². The lowest BCUT2D eigenvalue weighted by Gasteiger charge is -2.37. The Kier molecular flexibility index (Phi) is 8.71. The first-order valence-electron chi connectivity index (χ1n) is 14.2. The van der Waals surface area contributed by atoms with E-state index in [-0.39, 0.29) is 23.6 Å². The minimum absolute atomic E-state index is 0.00151. The highest BCUT2D eigenvalue weighted by molar-refractivity contribution is 5.86. The highest BCUT2D eigenvalue weighted by atomic mass is 16.6. The SMILES string of the molecule is [C-]#[N+]c1c(-c2ccccc2Oc2ccccc2)nnn1C(=O)N(Cc1ccccc1)C1CCN(C(=O)OC(C)(C)C)CC1. The average molecular weight is 579 g/mol. The number of ether oxygens (including phenoxy) is 2. The molecular formula is C33H34N6O4. The molecule has 1 aromatic heterocycles. The Hall–Kier alpha value is -5.17. The van der Waals surface area contributed by atoms with E-state index in [0.717, 1.165) is 10.2 Å². The van der Waals surface area contributed by atoms with Gasteiger partial charge in [-0.2, -0.15) is 0 Å². The van der Waals surface area contributed by atoms with Crippen molar-refractivity contribution in [2.45, 2.75) is 51.8 Å². The number of aromatic nitrogens is 3. The fourth-order valence-electron chi connectivity index (χ4n) is 4.99. The summed E-state index contributed by atoms with van der Waals surface area (Å²) in [5.41, 5.74) is 1.16. The molecule has 0 spiro atoms. The van der Waals surface area contributed by atoms with Gasteiger partial charge in [0.1, 0.15) is 22.8 Å². The molecule has 1 saturated heterocycles. The lowest BCUT2D eigenvalue weighted by molar-refractivity contribution is 0.0160. The van der Waals surface area contributed by atoms with Crippen molar-refractivity contribution >= 4 is 17.9 Å². The molecule has 0 bridgehead atoms. The lowest BCUT2D eigenvalue weighted by atomic mass is 10.0. The molecule has 220 valence electrons. The van der Waals surface area contributed by atoms with Crippen molar-refractivity contribution in [3.8, 4) is 22.8 Å². The summed E-state index contributed by atoms with van der Waals surface area (Å²) in [5, 5.41) is 8.46. The number of amides is 2. The molecule has 5 rings (SSSR count). The van der Waals surface area contributed by atoms with E-state index in [0.29, 0.717) is 49.5 Å². The van der Waals surface area contributed by atoms with Gasteiger partial charge < -0.3 is 19.2 Å². The molecule has 0 aliphatic carbocycles. The van der Waals surface area contributed by atoms with Gasteiger partial charge >= 0.3 is 12.1 Å². The third-order valence-corrected chi connectivity index (χ3v) is 7.05. The fourth-order valence-corrected chi connectivity index (χ4v) is 4.99. The molecule has 3 aromatic carbocycles. The van der Waals surface area contributed by atoms with Gasteiger partial charge in [-0.1, -0.05) is 78.0 Å². The van der Waals surface area contributed by atoms with Crippen LogP contribution in [-0.4, -0.2) is 61.7 Å². The molecule has 10 nitrogen and oxygen atoms in total. The standard InChI is InChI=1S/C33H34N6O4/c1-33(2,3)43-32(41)37-21-19-25(20-22-37)38(23-24-13-7-5-8-14-24)31(40)39-30(34-4)29(35-36-39)27-17-11-12-18-28(27)42-26-15-9-6-10-16-26/h5-18,25H,19-23H2,1-3H3. The number of carbonyl (C=O) groups excluding carboxylic acids is 2. The summed E-state index contributed by atoms with van der Waals surface area (Å²) in [4.78, 5) is 33.9. The molecular weight excluding hydrogens is 544 g/mol. The van der Waals surface area contributed by atoms with Crippen LogP contribution in [0.4, 0.5) is 15.4 Å². The number of nitrogens with zero attached hydrogens (tertiary/aromatic N) is 6. The van der Waals surface area contributed by atoms with Crippen LogP contribution >= 0.6 is 0 Å². The number of benzene rings is 3. The van der Waals surface area contributed by atoms with Gasteiger partial charge in [-0.25, -0.2) is 9.59 Å². The number of hydrogen-bond donors (Lipinski definition) is 0. The van der Waals surface area contributed by atoms with Crippen LogP contribution in [0.25, 0.3) is 16.1 Å².